The summed E-state index contributed by atoms with van der Waals surface area (Å²) in [5, 5.41) is 3.20. The average Bonchev–Trinajstić information content (AvgIpc) is 2.28. The first-order chi connectivity index (χ1) is 7.69. The molecule has 1 atom stereocenters. The van der Waals surface area contributed by atoms with Crippen molar-refractivity contribution in [3.05, 3.63) is 6.33 Å². The largest absolute Gasteiger partial charge is 0.479 e. The fourth-order valence-corrected chi connectivity index (χ4v) is 1.98. The Morgan fingerprint density at radius 3 is 2.94 bits per heavy atom. The molecule has 0 aromatic carbocycles. The van der Waals surface area contributed by atoms with E-state index in [1.165, 1.54) is 6.33 Å². The Balaban J connectivity index is 2.60. The molecule has 0 saturated carbocycles. The third-order valence-corrected chi connectivity index (χ3v) is 3.01. The highest BCUT2D eigenvalue weighted by atomic mass is 32.2. The summed E-state index contributed by atoms with van der Waals surface area (Å²) in [6.45, 7) is 3.02. The van der Waals surface area contributed by atoms with Crippen molar-refractivity contribution in [2.24, 2.45) is 5.92 Å². The van der Waals surface area contributed by atoms with Crippen LogP contribution in [0.5, 0.6) is 5.88 Å². The van der Waals surface area contributed by atoms with Gasteiger partial charge in [-0.1, -0.05) is 6.92 Å². The summed E-state index contributed by atoms with van der Waals surface area (Å²) < 4.78 is 5.02. The fourth-order valence-electron chi connectivity index (χ4n) is 1.30. The molecule has 1 unspecified atom stereocenters. The Labute approximate surface area is 100 Å². The number of anilines is 2. The minimum Gasteiger partial charge on any atom is -0.479 e. The van der Waals surface area contributed by atoms with E-state index in [1.807, 2.05) is 11.8 Å². The number of nitrogen functional groups attached to an aromatic ring is 1. The number of aromatic nitrogens is 2. The predicted molar refractivity (Wildman–Crippen MR) is 69.0 cm³/mol. The molecule has 0 spiro atoms. The number of hydrogen-bond donors (Lipinski definition) is 2. The maximum Gasteiger partial charge on any atom is 0.242 e. The lowest BCUT2D eigenvalue weighted by atomic mass is 10.2. The highest BCUT2D eigenvalue weighted by Crippen LogP contribution is 2.24. The van der Waals surface area contributed by atoms with Crippen LogP contribution in [-0.2, 0) is 0 Å². The van der Waals surface area contributed by atoms with Crippen molar-refractivity contribution in [3.8, 4) is 5.88 Å². The van der Waals surface area contributed by atoms with E-state index in [0.717, 1.165) is 12.3 Å². The van der Waals surface area contributed by atoms with Gasteiger partial charge in [-0.2, -0.15) is 16.7 Å². The van der Waals surface area contributed by atoms with E-state index in [0.29, 0.717) is 23.3 Å². The lowest BCUT2D eigenvalue weighted by Crippen LogP contribution is -2.15. The maximum atomic E-state index is 5.84. The first-order valence-corrected chi connectivity index (χ1v) is 6.45. The topological polar surface area (TPSA) is 73.1 Å². The molecule has 0 aliphatic heterocycles. The van der Waals surface area contributed by atoms with E-state index < -0.39 is 0 Å². The average molecular weight is 242 g/mol. The fraction of sp³-hybridized carbons (Fsp3) is 0.600. The predicted octanol–water partition coefficient (Wildman–Crippen LogP) is 1.48. The number of rotatable bonds is 6. The van der Waals surface area contributed by atoms with Crippen LogP contribution in [0.2, 0.25) is 0 Å². The van der Waals surface area contributed by atoms with Crippen LogP contribution in [0, 0.1) is 5.92 Å². The van der Waals surface area contributed by atoms with E-state index in [1.54, 1.807) is 7.11 Å². The minimum atomic E-state index is 0.412. The van der Waals surface area contributed by atoms with Gasteiger partial charge >= 0.3 is 0 Å². The lowest BCUT2D eigenvalue weighted by molar-refractivity contribution is 0.399. The molecule has 6 heteroatoms. The number of hydrogen-bond acceptors (Lipinski definition) is 6. The molecule has 0 fully saturated rings. The second-order valence-corrected chi connectivity index (χ2v) is 4.50. The first-order valence-electron chi connectivity index (χ1n) is 5.06. The molecule has 90 valence electrons. The standard InChI is InChI=1S/C10H18N4OS/c1-7(5-16-3)4-12-9-8(11)10(15-2)14-6-13-9/h6-7H,4-5,11H2,1-3H3,(H,12,13,14). The summed E-state index contributed by atoms with van der Waals surface area (Å²) in [6.07, 6.45) is 3.54. The molecule has 0 radical (unpaired) electrons. The number of ether oxygens (including phenoxy) is 1. The van der Waals surface area contributed by atoms with Crippen LogP contribution in [0.1, 0.15) is 6.92 Å². The van der Waals surface area contributed by atoms with Gasteiger partial charge in [-0.25, -0.2) is 4.98 Å². The number of nitrogens with zero attached hydrogens (tertiary/aromatic N) is 2. The van der Waals surface area contributed by atoms with Crippen LogP contribution in [-0.4, -0.2) is 35.6 Å². The summed E-state index contributed by atoms with van der Waals surface area (Å²) in [6, 6.07) is 0. The number of thioether (sulfide) groups is 1. The molecule has 0 amide bonds. The molecule has 0 bridgehead atoms. The Kier molecular flexibility index (Phi) is 5.18. The highest BCUT2D eigenvalue weighted by Gasteiger charge is 2.08. The third-order valence-electron chi connectivity index (χ3n) is 2.11. The summed E-state index contributed by atoms with van der Waals surface area (Å²) in [5.41, 5.74) is 6.30. The molecule has 3 N–H and O–H groups in total. The monoisotopic (exact) mass is 242 g/mol. The van der Waals surface area contributed by atoms with Crippen molar-refractivity contribution in [3.63, 3.8) is 0 Å². The van der Waals surface area contributed by atoms with Crippen LogP contribution in [0.25, 0.3) is 0 Å². The zero-order chi connectivity index (χ0) is 12.0. The van der Waals surface area contributed by atoms with Crippen LogP contribution >= 0.6 is 11.8 Å². The SMILES string of the molecule is COc1ncnc(NCC(C)CSC)c1N. The van der Waals surface area contributed by atoms with E-state index in [-0.39, 0.29) is 0 Å². The summed E-state index contributed by atoms with van der Waals surface area (Å²) >= 11 is 1.83. The van der Waals surface area contributed by atoms with E-state index in [2.05, 4.69) is 28.5 Å². The molecule has 1 aromatic heterocycles. The van der Waals surface area contributed by atoms with Gasteiger partial charge in [0.2, 0.25) is 5.88 Å². The van der Waals surface area contributed by atoms with Gasteiger partial charge in [0, 0.05) is 6.54 Å². The Morgan fingerprint density at radius 1 is 1.56 bits per heavy atom. The van der Waals surface area contributed by atoms with Crippen molar-refractivity contribution < 1.29 is 4.74 Å². The molecule has 1 aromatic rings. The lowest BCUT2D eigenvalue weighted by Gasteiger charge is -2.13. The smallest absolute Gasteiger partial charge is 0.242 e. The zero-order valence-corrected chi connectivity index (χ0v) is 10.7. The van der Waals surface area contributed by atoms with E-state index in [4.69, 9.17) is 10.5 Å². The van der Waals surface area contributed by atoms with E-state index in [9.17, 15) is 0 Å². The minimum absolute atomic E-state index is 0.412. The Hall–Kier alpha value is -1.17. The van der Waals surface area contributed by atoms with Crippen LogP contribution in [0.4, 0.5) is 11.5 Å². The van der Waals surface area contributed by atoms with Crippen LogP contribution in [0.15, 0.2) is 6.33 Å². The second kappa shape index (κ2) is 6.42. The molecule has 1 rings (SSSR count). The molecule has 0 aliphatic rings. The van der Waals surface area contributed by atoms with Crippen molar-refractivity contribution in [1.29, 1.82) is 0 Å². The van der Waals surface area contributed by atoms with Crippen molar-refractivity contribution in [2.45, 2.75) is 6.92 Å². The van der Waals surface area contributed by atoms with Crippen molar-refractivity contribution in [1.82, 2.24) is 9.97 Å². The third kappa shape index (κ3) is 3.44. The Bertz CT molecular complexity index is 335. The quantitative estimate of drug-likeness (QED) is 0.787. The molecular weight excluding hydrogens is 224 g/mol. The summed E-state index contributed by atoms with van der Waals surface area (Å²) in [7, 11) is 1.54. The van der Waals surface area contributed by atoms with Gasteiger partial charge in [-0.05, 0) is 17.9 Å². The van der Waals surface area contributed by atoms with Crippen molar-refractivity contribution in [2.75, 3.05) is 36.7 Å². The Morgan fingerprint density at radius 2 is 2.31 bits per heavy atom. The molecular formula is C10H18N4OS. The molecule has 5 nitrogen and oxygen atoms in total. The van der Waals surface area contributed by atoms with E-state index >= 15 is 0 Å². The number of nitrogens with two attached hydrogens (primary N) is 1. The second-order valence-electron chi connectivity index (χ2n) is 3.59. The first kappa shape index (κ1) is 12.9. The van der Waals surface area contributed by atoms with Crippen molar-refractivity contribution >= 4 is 23.3 Å². The van der Waals surface area contributed by atoms with Gasteiger partial charge in [0.05, 0.1) is 7.11 Å². The van der Waals surface area contributed by atoms with Crippen LogP contribution in [0.3, 0.4) is 0 Å². The molecule has 1 heterocycles. The highest BCUT2D eigenvalue weighted by molar-refractivity contribution is 7.98. The maximum absolute atomic E-state index is 5.84. The van der Waals surface area contributed by atoms with Gasteiger partial charge in [0.15, 0.2) is 5.82 Å². The van der Waals surface area contributed by atoms with Gasteiger partial charge < -0.3 is 15.8 Å². The normalized spacial score (nSPS) is 12.2. The zero-order valence-electron chi connectivity index (χ0n) is 9.86. The van der Waals surface area contributed by atoms with Gasteiger partial charge in [-0.15, -0.1) is 0 Å². The van der Waals surface area contributed by atoms with Gasteiger partial charge in [-0.3, -0.25) is 0 Å². The number of nitrogens with one attached hydrogen (secondary N) is 1. The molecule has 16 heavy (non-hydrogen) atoms. The summed E-state index contributed by atoms with van der Waals surface area (Å²) in [4.78, 5) is 8.00. The van der Waals surface area contributed by atoms with Gasteiger partial charge in [0.1, 0.15) is 12.0 Å². The van der Waals surface area contributed by atoms with Gasteiger partial charge in [0.25, 0.3) is 0 Å². The molecule has 0 aliphatic carbocycles. The molecule has 0 saturated heterocycles. The number of methoxy groups -OCH3 is 1. The van der Waals surface area contributed by atoms with Crippen LogP contribution < -0.4 is 15.8 Å². The summed E-state index contributed by atoms with van der Waals surface area (Å²) in [5.74, 6) is 2.72.